The number of methoxy groups -OCH3 is 1. The Morgan fingerprint density at radius 1 is 1.03 bits per heavy atom. The summed E-state index contributed by atoms with van der Waals surface area (Å²) in [7, 11) is 1.65. The monoisotopic (exact) mass is 527 g/mol. The smallest absolute Gasteiger partial charge is 0.344 e. The molecule has 0 aliphatic heterocycles. The van der Waals surface area contributed by atoms with Gasteiger partial charge in [-0.1, -0.05) is 38.1 Å². The minimum atomic E-state index is -0.468. The summed E-state index contributed by atoms with van der Waals surface area (Å²) >= 11 is 0. The van der Waals surface area contributed by atoms with Gasteiger partial charge in [-0.15, -0.1) is 0 Å². The lowest BCUT2D eigenvalue weighted by Gasteiger charge is -2.17. The summed E-state index contributed by atoms with van der Waals surface area (Å²) in [6.07, 6.45) is 1.30. The van der Waals surface area contributed by atoms with Gasteiger partial charge >= 0.3 is 5.97 Å². The van der Waals surface area contributed by atoms with Gasteiger partial charge in [-0.2, -0.15) is 9.78 Å². The van der Waals surface area contributed by atoms with E-state index in [-0.39, 0.29) is 24.2 Å². The standard InChI is InChI=1S/C31H33N3O5/c1-19(2)24-16-25(21(5)15-28(24)37-6)30-33-26-13-9-8-12-23(26)31(36)34(30)32-17-22-11-7-10-14-27(22)38-18-29(35)39-20(3)4/h7-17,19-20H,18H2,1-6H3. The molecule has 202 valence electrons. The van der Waals surface area contributed by atoms with Crippen LogP contribution < -0.4 is 15.0 Å². The van der Waals surface area contributed by atoms with Crippen molar-refractivity contribution in [2.75, 3.05) is 13.7 Å². The zero-order chi connectivity index (χ0) is 28.1. The van der Waals surface area contributed by atoms with Crippen LogP contribution in [0.15, 0.2) is 70.6 Å². The summed E-state index contributed by atoms with van der Waals surface area (Å²) in [5.41, 5.74) is 3.55. The molecule has 0 radical (unpaired) electrons. The molecule has 0 amide bonds. The largest absolute Gasteiger partial charge is 0.496 e. The van der Waals surface area contributed by atoms with Gasteiger partial charge in [0, 0.05) is 11.1 Å². The van der Waals surface area contributed by atoms with Crippen LogP contribution in [0.5, 0.6) is 11.5 Å². The number of carbonyl (C=O) groups is 1. The highest BCUT2D eigenvalue weighted by Gasteiger charge is 2.18. The summed E-state index contributed by atoms with van der Waals surface area (Å²) in [4.78, 5) is 30.6. The van der Waals surface area contributed by atoms with Crippen LogP contribution in [0.3, 0.4) is 0 Å². The number of hydrogen-bond donors (Lipinski definition) is 0. The highest BCUT2D eigenvalue weighted by atomic mass is 16.6. The minimum Gasteiger partial charge on any atom is -0.496 e. The molecular formula is C31H33N3O5. The van der Waals surface area contributed by atoms with Crippen LogP contribution in [0.2, 0.25) is 0 Å². The molecule has 0 atom stereocenters. The van der Waals surface area contributed by atoms with E-state index in [2.05, 4.69) is 18.9 Å². The molecule has 0 N–H and O–H groups in total. The Balaban J connectivity index is 1.83. The SMILES string of the molecule is COc1cc(C)c(-c2nc3ccccc3c(=O)n2N=Cc2ccccc2OCC(=O)OC(C)C)cc1C(C)C. The molecular weight excluding hydrogens is 494 g/mol. The molecule has 0 saturated carbocycles. The average Bonchev–Trinajstić information content (AvgIpc) is 2.91. The molecule has 0 fully saturated rings. The molecule has 8 nitrogen and oxygen atoms in total. The van der Waals surface area contributed by atoms with Gasteiger partial charge in [-0.05, 0) is 74.2 Å². The van der Waals surface area contributed by atoms with Crippen molar-refractivity contribution in [2.24, 2.45) is 5.10 Å². The Labute approximate surface area is 227 Å². The first-order valence-corrected chi connectivity index (χ1v) is 12.9. The van der Waals surface area contributed by atoms with Crippen molar-refractivity contribution in [1.29, 1.82) is 0 Å². The molecule has 3 aromatic carbocycles. The first-order chi connectivity index (χ1) is 18.7. The number of ether oxygens (including phenoxy) is 3. The lowest BCUT2D eigenvalue weighted by molar-refractivity contribution is -0.149. The van der Waals surface area contributed by atoms with E-state index in [0.717, 1.165) is 22.4 Å². The Bertz CT molecular complexity index is 1590. The summed E-state index contributed by atoms with van der Waals surface area (Å²) in [5, 5.41) is 5.04. The fourth-order valence-corrected chi connectivity index (χ4v) is 4.24. The second kappa shape index (κ2) is 11.9. The molecule has 1 heterocycles. The predicted octanol–water partition coefficient (Wildman–Crippen LogP) is 5.72. The van der Waals surface area contributed by atoms with E-state index in [1.165, 1.54) is 10.9 Å². The number of hydrogen-bond acceptors (Lipinski definition) is 7. The van der Waals surface area contributed by atoms with Gasteiger partial charge in [0.1, 0.15) is 11.5 Å². The van der Waals surface area contributed by atoms with Crippen molar-refractivity contribution < 1.29 is 19.0 Å². The first-order valence-electron chi connectivity index (χ1n) is 12.9. The van der Waals surface area contributed by atoms with Crippen molar-refractivity contribution in [2.45, 2.75) is 46.6 Å². The van der Waals surface area contributed by atoms with E-state index in [9.17, 15) is 9.59 Å². The number of fused-ring (bicyclic) bond motifs is 1. The quantitative estimate of drug-likeness (QED) is 0.204. The molecule has 1 aromatic heterocycles. The number of benzene rings is 3. The van der Waals surface area contributed by atoms with E-state index in [0.29, 0.717) is 28.0 Å². The Morgan fingerprint density at radius 2 is 1.74 bits per heavy atom. The van der Waals surface area contributed by atoms with Gasteiger partial charge in [-0.3, -0.25) is 4.79 Å². The van der Waals surface area contributed by atoms with Crippen LogP contribution in [0, 0.1) is 6.92 Å². The zero-order valence-corrected chi connectivity index (χ0v) is 23.1. The number of aryl methyl sites for hydroxylation is 1. The van der Waals surface area contributed by atoms with Crippen LogP contribution in [-0.2, 0) is 9.53 Å². The van der Waals surface area contributed by atoms with Crippen molar-refractivity contribution in [3.63, 3.8) is 0 Å². The summed E-state index contributed by atoms with van der Waals surface area (Å²) in [6, 6.07) is 18.3. The maximum atomic E-state index is 13.7. The van der Waals surface area contributed by atoms with E-state index < -0.39 is 5.97 Å². The second-order valence-corrected chi connectivity index (χ2v) is 9.74. The molecule has 0 aliphatic rings. The Morgan fingerprint density at radius 3 is 2.46 bits per heavy atom. The van der Waals surface area contributed by atoms with Gasteiger partial charge in [0.25, 0.3) is 5.56 Å². The average molecular weight is 528 g/mol. The molecule has 0 aliphatic carbocycles. The Hall–Kier alpha value is -4.46. The zero-order valence-electron chi connectivity index (χ0n) is 23.1. The number of para-hydroxylation sites is 2. The summed E-state index contributed by atoms with van der Waals surface area (Å²) < 4.78 is 17.8. The van der Waals surface area contributed by atoms with Crippen LogP contribution in [-0.4, -0.2) is 41.7 Å². The maximum absolute atomic E-state index is 13.7. The van der Waals surface area contributed by atoms with Crippen molar-refractivity contribution in [1.82, 2.24) is 9.66 Å². The van der Waals surface area contributed by atoms with Gasteiger partial charge < -0.3 is 14.2 Å². The van der Waals surface area contributed by atoms with Gasteiger partial charge in [0.2, 0.25) is 0 Å². The topological polar surface area (TPSA) is 92.0 Å². The van der Waals surface area contributed by atoms with E-state index in [1.54, 1.807) is 51.3 Å². The summed E-state index contributed by atoms with van der Waals surface area (Å²) in [5.74, 6) is 1.36. The molecule has 0 saturated heterocycles. The van der Waals surface area contributed by atoms with Crippen molar-refractivity contribution in [3.05, 3.63) is 87.7 Å². The predicted molar refractivity (Wildman–Crippen MR) is 153 cm³/mol. The molecule has 0 bridgehead atoms. The van der Waals surface area contributed by atoms with Crippen LogP contribution in [0.4, 0.5) is 0 Å². The van der Waals surface area contributed by atoms with Gasteiger partial charge in [0.05, 0.1) is 30.3 Å². The number of nitrogens with zero attached hydrogens (tertiary/aromatic N) is 3. The second-order valence-electron chi connectivity index (χ2n) is 9.74. The lowest BCUT2D eigenvalue weighted by Crippen LogP contribution is -2.21. The van der Waals surface area contributed by atoms with E-state index in [4.69, 9.17) is 19.2 Å². The van der Waals surface area contributed by atoms with Gasteiger partial charge in [0.15, 0.2) is 12.4 Å². The fourth-order valence-electron chi connectivity index (χ4n) is 4.24. The molecule has 4 rings (SSSR count). The maximum Gasteiger partial charge on any atom is 0.344 e. The third kappa shape index (κ3) is 6.17. The van der Waals surface area contributed by atoms with Gasteiger partial charge in [-0.25, -0.2) is 9.78 Å². The molecule has 0 spiro atoms. The first kappa shape index (κ1) is 27.6. The summed E-state index contributed by atoms with van der Waals surface area (Å²) in [6.45, 7) is 9.44. The number of carbonyl (C=O) groups excluding carboxylic acids is 1. The number of rotatable bonds is 9. The van der Waals surface area contributed by atoms with E-state index in [1.807, 2.05) is 37.3 Å². The number of aromatic nitrogens is 2. The normalized spacial score (nSPS) is 11.5. The molecule has 4 aromatic rings. The van der Waals surface area contributed by atoms with Crippen LogP contribution >= 0.6 is 0 Å². The van der Waals surface area contributed by atoms with Crippen molar-refractivity contribution >= 4 is 23.1 Å². The van der Waals surface area contributed by atoms with E-state index >= 15 is 0 Å². The molecule has 39 heavy (non-hydrogen) atoms. The lowest BCUT2D eigenvalue weighted by atomic mass is 9.96. The fraction of sp³-hybridized carbons (Fsp3) is 0.290. The third-order valence-electron chi connectivity index (χ3n) is 6.14. The number of esters is 1. The highest BCUT2D eigenvalue weighted by Crippen LogP contribution is 2.34. The highest BCUT2D eigenvalue weighted by molar-refractivity contribution is 5.85. The molecule has 0 unspecified atom stereocenters. The van der Waals surface area contributed by atoms with Crippen LogP contribution in [0.25, 0.3) is 22.3 Å². The Kier molecular flexibility index (Phi) is 8.44. The molecule has 8 heteroatoms. The van der Waals surface area contributed by atoms with Crippen LogP contribution in [0.1, 0.15) is 50.3 Å². The van der Waals surface area contributed by atoms with Crippen molar-refractivity contribution in [3.8, 4) is 22.9 Å². The third-order valence-corrected chi connectivity index (χ3v) is 6.14. The minimum absolute atomic E-state index is 0.190.